The minimum absolute atomic E-state index is 0.925. The summed E-state index contributed by atoms with van der Waals surface area (Å²) >= 11 is 0. The Labute approximate surface area is 127 Å². The Balaban J connectivity index is 1.50. The topological polar surface area (TPSA) is 15.3 Å². The molecule has 1 heterocycles. The molecule has 2 aromatic rings. The van der Waals surface area contributed by atoms with Crippen molar-refractivity contribution in [2.24, 2.45) is 0 Å². The van der Waals surface area contributed by atoms with E-state index >= 15 is 0 Å². The van der Waals surface area contributed by atoms with Crippen LogP contribution in [0.25, 0.3) is 0 Å². The average Bonchev–Trinajstić information content (AvgIpc) is 2.57. The molecule has 2 nitrogen and oxygen atoms in total. The number of benzene rings is 2. The van der Waals surface area contributed by atoms with E-state index in [1.807, 2.05) is 0 Å². The molecule has 0 amide bonds. The fraction of sp³-hybridized carbons (Fsp3) is 0.368. The van der Waals surface area contributed by atoms with Gasteiger partial charge in [0.2, 0.25) is 0 Å². The molecule has 21 heavy (non-hydrogen) atoms. The second kappa shape index (κ2) is 7.28. The normalized spacial score (nSPS) is 15.1. The standard InChI is InChI=1S/C19H24N2/c1-3-7-17(8-4-1)15-20-16-18-9-11-19(12-10-18)21-13-5-2-6-14-21/h1,3-4,7-12,20H,2,5-6,13-16H2. The molecular weight excluding hydrogens is 256 g/mol. The lowest BCUT2D eigenvalue weighted by molar-refractivity contribution is 0.578. The minimum Gasteiger partial charge on any atom is -0.372 e. The van der Waals surface area contributed by atoms with Crippen LogP contribution in [-0.2, 0) is 13.1 Å². The Hall–Kier alpha value is -1.80. The third-order valence-electron chi connectivity index (χ3n) is 4.16. The van der Waals surface area contributed by atoms with Crippen LogP contribution in [0, 0.1) is 0 Å². The predicted octanol–water partition coefficient (Wildman–Crippen LogP) is 3.97. The first kappa shape index (κ1) is 14.2. The lowest BCUT2D eigenvalue weighted by Gasteiger charge is -2.28. The first-order chi connectivity index (χ1) is 10.4. The van der Waals surface area contributed by atoms with E-state index in [0.29, 0.717) is 0 Å². The molecule has 1 saturated heterocycles. The van der Waals surface area contributed by atoms with Gasteiger partial charge in [-0.3, -0.25) is 0 Å². The zero-order valence-electron chi connectivity index (χ0n) is 12.6. The van der Waals surface area contributed by atoms with Crippen LogP contribution < -0.4 is 10.2 Å². The number of nitrogens with one attached hydrogen (secondary N) is 1. The summed E-state index contributed by atoms with van der Waals surface area (Å²) in [4.78, 5) is 2.50. The molecule has 3 rings (SSSR count). The lowest BCUT2D eigenvalue weighted by Crippen LogP contribution is -2.29. The van der Waals surface area contributed by atoms with Gasteiger partial charge in [-0.05, 0) is 42.5 Å². The maximum atomic E-state index is 3.50. The Bertz CT molecular complexity index is 527. The summed E-state index contributed by atoms with van der Waals surface area (Å²) in [5.41, 5.74) is 4.07. The highest BCUT2D eigenvalue weighted by atomic mass is 15.1. The van der Waals surface area contributed by atoms with Crippen molar-refractivity contribution in [3.63, 3.8) is 0 Å². The van der Waals surface area contributed by atoms with Gasteiger partial charge in [-0.2, -0.15) is 0 Å². The Morgan fingerprint density at radius 1 is 0.714 bits per heavy atom. The first-order valence-electron chi connectivity index (χ1n) is 8.00. The van der Waals surface area contributed by atoms with Crippen molar-refractivity contribution in [1.82, 2.24) is 5.32 Å². The van der Waals surface area contributed by atoms with Crippen molar-refractivity contribution < 1.29 is 0 Å². The number of anilines is 1. The lowest BCUT2D eigenvalue weighted by atomic mass is 10.1. The molecule has 0 saturated carbocycles. The van der Waals surface area contributed by atoms with Gasteiger partial charge < -0.3 is 10.2 Å². The van der Waals surface area contributed by atoms with Crippen LogP contribution in [0.3, 0.4) is 0 Å². The number of hydrogen-bond donors (Lipinski definition) is 1. The number of piperidine rings is 1. The number of hydrogen-bond acceptors (Lipinski definition) is 2. The molecule has 1 fully saturated rings. The summed E-state index contributed by atoms with van der Waals surface area (Å²) in [5.74, 6) is 0. The van der Waals surface area contributed by atoms with Gasteiger partial charge in [0.15, 0.2) is 0 Å². The molecule has 0 spiro atoms. The molecule has 0 unspecified atom stereocenters. The molecule has 1 aliphatic heterocycles. The van der Waals surface area contributed by atoms with Crippen LogP contribution in [-0.4, -0.2) is 13.1 Å². The van der Waals surface area contributed by atoms with Crippen LogP contribution in [0.4, 0.5) is 5.69 Å². The molecule has 0 atom stereocenters. The van der Waals surface area contributed by atoms with Crippen LogP contribution in [0.2, 0.25) is 0 Å². The van der Waals surface area contributed by atoms with Gasteiger partial charge in [0.1, 0.15) is 0 Å². The van der Waals surface area contributed by atoms with E-state index in [2.05, 4.69) is 64.8 Å². The quantitative estimate of drug-likeness (QED) is 0.891. The minimum atomic E-state index is 0.925. The van der Waals surface area contributed by atoms with E-state index in [1.54, 1.807) is 0 Å². The van der Waals surface area contributed by atoms with Crippen molar-refractivity contribution in [3.8, 4) is 0 Å². The molecule has 0 radical (unpaired) electrons. The molecule has 0 aliphatic carbocycles. The molecule has 1 aliphatic rings. The molecule has 0 bridgehead atoms. The van der Waals surface area contributed by atoms with Gasteiger partial charge in [-0.1, -0.05) is 42.5 Å². The fourth-order valence-corrected chi connectivity index (χ4v) is 2.92. The highest BCUT2D eigenvalue weighted by Gasteiger charge is 2.10. The molecule has 2 aromatic carbocycles. The smallest absolute Gasteiger partial charge is 0.0366 e. The Morgan fingerprint density at radius 2 is 1.33 bits per heavy atom. The average molecular weight is 280 g/mol. The Morgan fingerprint density at radius 3 is 2.00 bits per heavy atom. The fourth-order valence-electron chi connectivity index (χ4n) is 2.92. The maximum absolute atomic E-state index is 3.50. The van der Waals surface area contributed by atoms with Gasteiger partial charge in [-0.25, -0.2) is 0 Å². The van der Waals surface area contributed by atoms with Crippen LogP contribution in [0.15, 0.2) is 54.6 Å². The van der Waals surface area contributed by atoms with Crippen molar-refractivity contribution in [2.75, 3.05) is 18.0 Å². The van der Waals surface area contributed by atoms with E-state index in [-0.39, 0.29) is 0 Å². The van der Waals surface area contributed by atoms with Crippen LogP contribution in [0.1, 0.15) is 30.4 Å². The molecule has 110 valence electrons. The third-order valence-corrected chi connectivity index (χ3v) is 4.16. The Kier molecular flexibility index (Phi) is 4.90. The van der Waals surface area contributed by atoms with E-state index in [0.717, 1.165) is 13.1 Å². The largest absolute Gasteiger partial charge is 0.372 e. The van der Waals surface area contributed by atoms with Crippen molar-refractivity contribution in [1.29, 1.82) is 0 Å². The van der Waals surface area contributed by atoms with E-state index in [9.17, 15) is 0 Å². The van der Waals surface area contributed by atoms with Gasteiger partial charge in [0, 0.05) is 31.9 Å². The highest BCUT2D eigenvalue weighted by molar-refractivity contribution is 5.47. The van der Waals surface area contributed by atoms with Gasteiger partial charge >= 0.3 is 0 Å². The van der Waals surface area contributed by atoms with E-state index in [1.165, 1.54) is 49.2 Å². The summed E-state index contributed by atoms with van der Waals surface area (Å²) < 4.78 is 0. The summed E-state index contributed by atoms with van der Waals surface area (Å²) in [5, 5.41) is 3.50. The number of rotatable bonds is 5. The second-order valence-electron chi connectivity index (χ2n) is 5.80. The zero-order chi connectivity index (χ0) is 14.3. The summed E-state index contributed by atoms with van der Waals surface area (Å²) in [6, 6.07) is 19.6. The first-order valence-corrected chi connectivity index (χ1v) is 8.00. The van der Waals surface area contributed by atoms with Gasteiger partial charge in [0.05, 0.1) is 0 Å². The van der Waals surface area contributed by atoms with E-state index in [4.69, 9.17) is 0 Å². The zero-order valence-corrected chi connectivity index (χ0v) is 12.6. The predicted molar refractivity (Wildman–Crippen MR) is 89.5 cm³/mol. The second-order valence-corrected chi connectivity index (χ2v) is 5.80. The molecule has 0 aromatic heterocycles. The van der Waals surface area contributed by atoms with Crippen LogP contribution in [0.5, 0.6) is 0 Å². The summed E-state index contributed by atoms with van der Waals surface area (Å²) in [6.07, 6.45) is 4.05. The van der Waals surface area contributed by atoms with Crippen molar-refractivity contribution >= 4 is 5.69 Å². The third kappa shape index (κ3) is 4.08. The van der Waals surface area contributed by atoms with Crippen molar-refractivity contribution in [2.45, 2.75) is 32.4 Å². The van der Waals surface area contributed by atoms with Gasteiger partial charge in [0.25, 0.3) is 0 Å². The molecule has 2 heteroatoms. The number of nitrogens with zero attached hydrogens (tertiary/aromatic N) is 1. The monoisotopic (exact) mass is 280 g/mol. The summed E-state index contributed by atoms with van der Waals surface area (Å²) in [6.45, 7) is 4.28. The van der Waals surface area contributed by atoms with Gasteiger partial charge in [-0.15, -0.1) is 0 Å². The van der Waals surface area contributed by atoms with E-state index < -0.39 is 0 Å². The summed E-state index contributed by atoms with van der Waals surface area (Å²) in [7, 11) is 0. The SMILES string of the molecule is c1ccc(CNCc2ccc(N3CCCCC3)cc2)cc1. The van der Waals surface area contributed by atoms with Crippen molar-refractivity contribution in [3.05, 3.63) is 65.7 Å². The molecule has 1 N–H and O–H groups in total. The molecular formula is C19H24N2. The maximum Gasteiger partial charge on any atom is 0.0366 e. The highest BCUT2D eigenvalue weighted by Crippen LogP contribution is 2.20. The van der Waals surface area contributed by atoms with Crippen LogP contribution >= 0.6 is 0 Å².